The lowest BCUT2D eigenvalue weighted by Crippen LogP contribution is -2.32. The third kappa shape index (κ3) is 3.62. The van der Waals surface area contributed by atoms with Crippen molar-refractivity contribution in [3.05, 3.63) is 66.4 Å². The van der Waals surface area contributed by atoms with Gasteiger partial charge in [-0.05, 0) is 31.6 Å². The first-order chi connectivity index (χ1) is 13.9. The molecule has 4 rings (SSSR count). The van der Waals surface area contributed by atoms with Gasteiger partial charge in [0.15, 0.2) is 11.5 Å². The summed E-state index contributed by atoms with van der Waals surface area (Å²) in [5.41, 5.74) is 1.83. The summed E-state index contributed by atoms with van der Waals surface area (Å²) in [6, 6.07) is 2.58. The maximum absolute atomic E-state index is 13.9. The van der Waals surface area contributed by atoms with Crippen molar-refractivity contribution >= 4 is 17.3 Å². The van der Waals surface area contributed by atoms with Gasteiger partial charge in [-0.25, -0.2) is 4.99 Å². The second-order valence-electron chi connectivity index (χ2n) is 7.27. The summed E-state index contributed by atoms with van der Waals surface area (Å²) in [5, 5.41) is 0. The third-order valence-corrected chi connectivity index (χ3v) is 5.01. The van der Waals surface area contributed by atoms with E-state index < -0.39 is 6.04 Å². The summed E-state index contributed by atoms with van der Waals surface area (Å²) >= 11 is 0. The van der Waals surface area contributed by atoms with Crippen LogP contribution in [0.15, 0.2) is 71.4 Å². The molecule has 1 amide bonds. The van der Waals surface area contributed by atoms with E-state index in [2.05, 4.69) is 11.9 Å². The van der Waals surface area contributed by atoms with Crippen LogP contribution in [0.25, 0.3) is 0 Å². The van der Waals surface area contributed by atoms with E-state index in [-0.39, 0.29) is 23.6 Å². The van der Waals surface area contributed by atoms with Crippen LogP contribution in [0.1, 0.15) is 27.2 Å². The standard InChI is InChI=1S/C23H23FN2O3/c1-4-5-6-9-15(2)26-18-11-8-7-10-17(18)21(22(26)27)25-16-12-13-19-20(14-16)29-23(3,24)28-19/h5-14,17-18H,4H2,1-3H3/b6-5-,15-9+,25-21?/t17?,18-,23-/m1/s1. The molecule has 0 N–H and O–H groups in total. The predicted molar refractivity (Wildman–Crippen MR) is 110 cm³/mol. The largest absolute Gasteiger partial charge is 0.423 e. The van der Waals surface area contributed by atoms with Crippen molar-refractivity contribution in [2.24, 2.45) is 10.9 Å². The molecule has 6 heteroatoms. The number of allylic oxidation sites excluding steroid dienone is 6. The fourth-order valence-electron chi connectivity index (χ4n) is 3.72. The lowest BCUT2D eigenvalue weighted by Gasteiger charge is -2.25. The molecule has 1 aliphatic carbocycles. The van der Waals surface area contributed by atoms with E-state index >= 15 is 0 Å². The topological polar surface area (TPSA) is 51.1 Å². The van der Waals surface area contributed by atoms with E-state index in [0.717, 1.165) is 12.1 Å². The second kappa shape index (κ2) is 7.35. The number of fused-ring (bicyclic) bond motifs is 2. The molecular weight excluding hydrogens is 371 g/mol. The van der Waals surface area contributed by atoms with Crippen LogP contribution in [-0.2, 0) is 4.79 Å². The molecule has 0 saturated carbocycles. The van der Waals surface area contributed by atoms with Gasteiger partial charge >= 0.3 is 6.04 Å². The number of hydrogen-bond acceptors (Lipinski definition) is 4. The molecule has 0 bridgehead atoms. The molecule has 0 radical (unpaired) electrons. The molecule has 1 fully saturated rings. The van der Waals surface area contributed by atoms with Gasteiger partial charge in [-0.2, -0.15) is 4.39 Å². The quantitative estimate of drug-likeness (QED) is 0.676. The molecule has 2 aliphatic heterocycles. The Bertz CT molecular complexity index is 988. The number of aliphatic imine (C=N–C) groups is 1. The van der Waals surface area contributed by atoms with Crippen molar-refractivity contribution in [3.8, 4) is 11.5 Å². The number of halogens is 1. The predicted octanol–water partition coefficient (Wildman–Crippen LogP) is 5.00. The van der Waals surface area contributed by atoms with Gasteiger partial charge in [0.2, 0.25) is 0 Å². The van der Waals surface area contributed by atoms with E-state index in [1.54, 1.807) is 23.1 Å². The van der Waals surface area contributed by atoms with Crippen LogP contribution < -0.4 is 9.47 Å². The molecular formula is C23H23FN2O3. The number of likely N-dealkylation sites (tertiary alicyclic amines) is 1. The molecule has 3 aliphatic rings. The zero-order valence-electron chi connectivity index (χ0n) is 16.6. The third-order valence-electron chi connectivity index (χ3n) is 5.01. The SMILES string of the molecule is CC/C=C\C=C(/C)N1C(=O)C(=Nc2ccc3c(c2)O[C@](C)(F)O3)C2C=CC=C[C@H]21. The van der Waals surface area contributed by atoms with Crippen LogP contribution in [0.2, 0.25) is 0 Å². The van der Waals surface area contributed by atoms with Gasteiger partial charge in [0, 0.05) is 24.6 Å². The van der Waals surface area contributed by atoms with Crippen molar-refractivity contribution in [2.75, 3.05) is 0 Å². The number of nitrogens with zero attached hydrogens (tertiary/aromatic N) is 2. The van der Waals surface area contributed by atoms with Crippen molar-refractivity contribution in [2.45, 2.75) is 39.3 Å². The number of benzene rings is 1. The number of hydrogen-bond donors (Lipinski definition) is 0. The van der Waals surface area contributed by atoms with E-state index in [1.165, 1.54) is 6.92 Å². The molecule has 1 aromatic carbocycles. The van der Waals surface area contributed by atoms with Crippen molar-refractivity contribution in [1.82, 2.24) is 4.90 Å². The summed E-state index contributed by atoms with van der Waals surface area (Å²) in [6.07, 6.45) is 14.7. The minimum atomic E-state index is -2.19. The fourth-order valence-corrected chi connectivity index (χ4v) is 3.72. The van der Waals surface area contributed by atoms with E-state index in [9.17, 15) is 9.18 Å². The average molecular weight is 394 g/mol. The molecule has 2 heterocycles. The minimum Gasteiger partial charge on any atom is -0.423 e. The van der Waals surface area contributed by atoms with E-state index in [4.69, 9.17) is 9.47 Å². The van der Waals surface area contributed by atoms with Gasteiger partial charge in [-0.3, -0.25) is 4.79 Å². The lowest BCUT2D eigenvalue weighted by molar-refractivity contribution is -0.173. The number of carbonyl (C=O) groups is 1. The Morgan fingerprint density at radius 1 is 1.28 bits per heavy atom. The Hall–Kier alpha value is -3.15. The summed E-state index contributed by atoms with van der Waals surface area (Å²) in [5.74, 6) is 0.305. The van der Waals surface area contributed by atoms with Crippen molar-refractivity contribution < 1.29 is 18.7 Å². The Morgan fingerprint density at radius 2 is 2.03 bits per heavy atom. The normalized spacial score (nSPS) is 29.4. The van der Waals surface area contributed by atoms with Gasteiger partial charge < -0.3 is 14.4 Å². The number of rotatable bonds is 4. The first-order valence-electron chi connectivity index (χ1n) is 9.71. The summed E-state index contributed by atoms with van der Waals surface area (Å²) in [7, 11) is 0. The lowest BCUT2D eigenvalue weighted by atomic mass is 9.94. The highest BCUT2D eigenvalue weighted by Crippen LogP contribution is 2.42. The summed E-state index contributed by atoms with van der Waals surface area (Å²) in [6.45, 7) is 5.18. The molecule has 1 aromatic rings. The molecule has 1 unspecified atom stereocenters. The van der Waals surface area contributed by atoms with Crippen LogP contribution in [0.5, 0.6) is 11.5 Å². The molecule has 150 valence electrons. The number of carbonyl (C=O) groups excluding carboxylic acids is 1. The molecule has 0 aromatic heterocycles. The van der Waals surface area contributed by atoms with E-state index in [0.29, 0.717) is 17.1 Å². The fraction of sp³-hybridized carbons (Fsp3) is 0.304. The molecule has 5 nitrogen and oxygen atoms in total. The van der Waals surface area contributed by atoms with Crippen molar-refractivity contribution in [3.63, 3.8) is 0 Å². The van der Waals surface area contributed by atoms with Gasteiger partial charge in [-0.1, -0.05) is 43.4 Å². The molecule has 1 saturated heterocycles. The van der Waals surface area contributed by atoms with Crippen LogP contribution in [0.4, 0.5) is 10.1 Å². The Kier molecular flexibility index (Phi) is 4.86. The van der Waals surface area contributed by atoms with E-state index in [1.807, 2.05) is 49.5 Å². The van der Waals surface area contributed by atoms with Crippen LogP contribution in [0, 0.1) is 5.92 Å². The minimum absolute atomic E-state index is 0.110. The zero-order chi connectivity index (χ0) is 20.6. The van der Waals surface area contributed by atoms with Crippen molar-refractivity contribution in [1.29, 1.82) is 0 Å². The zero-order valence-corrected chi connectivity index (χ0v) is 16.6. The highest BCUT2D eigenvalue weighted by molar-refractivity contribution is 6.43. The molecule has 3 atom stereocenters. The number of amides is 1. The smallest absolute Gasteiger partial charge is 0.404 e. The number of ether oxygens (including phenoxy) is 2. The van der Waals surface area contributed by atoms with Crippen LogP contribution in [-0.4, -0.2) is 28.6 Å². The maximum Gasteiger partial charge on any atom is 0.404 e. The first-order valence-corrected chi connectivity index (χ1v) is 9.71. The second-order valence-corrected chi connectivity index (χ2v) is 7.27. The van der Waals surface area contributed by atoms with Gasteiger partial charge in [0.1, 0.15) is 5.71 Å². The van der Waals surface area contributed by atoms with Gasteiger partial charge in [-0.15, -0.1) is 0 Å². The Labute approximate surface area is 169 Å². The van der Waals surface area contributed by atoms with Crippen LogP contribution >= 0.6 is 0 Å². The summed E-state index contributed by atoms with van der Waals surface area (Å²) < 4.78 is 24.1. The molecule has 0 spiro atoms. The Morgan fingerprint density at radius 3 is 2.83 bits per heavy atom. The number of alkyl halides is 1. The van der Waals surface area contributed by atoms with Gasteiger partial charge in [0.25, 0.3) is 5.91 Å². The Balaban J connectivity index is 1.68. The summed E-state index contributed by atoms with van der Waals surface area (Å²) in [4.78, 5) is 19.6. The average Bonchev–Trinajstić information content (AvgIpc) is 3.14. The monoisotopic (exact) mass is 394 g/mol. The highest BCUT2D eigenvalue weighted by atomic mass is 19.2. The van der Waals surface area contributed by atoms with Crippen LogP contribution in [0.3, 0.4) is 0 Å². The molecule has 29 heavy (non-hydrogen) atoms. The highest BCUT2D eigenvalue weighted by Gasteiger charge is 2.44. The maximum atomic E-state index is 13.9. The van der Waals surface area contributed by atoms with Gasteiger partial charge in [0.05, 0.1) is 11.7 Å². The first kappa shape index (κ1) is 19.2.